The molecular weight excluding hydrogens is 386 g/mol. The number of hydrogen-bond donors (Lipinski definition) is 0. The Hall–Kier alpha value is -3.48. The van der Waals surface area contributed by atoms with Gasteiger partial charge in [0.05, 0.1) is 14.2 Å². The molecule has 0 unspecified atom stereocenters. The third kappa shape index (κ3) is 4.25. The molecule has 0 aliphatic heterocycles. The van der Waals surface area contributed by atoms with Crippen molar-refractivity contribution in [1.29, 1.82) is 0 Å². The summed E-state index contributed by atoms with van der Waals surface area (Å²) in [7, 11) is 4.79. The summed E-state index contributed by atoms with van der Waals surface area (Å²) in [4.78, 5) is 26.4. The molecule has 7 nitrogen and oxygen atoms in total. The van der Waals surface area contributed by atoms with Gasteiger partial charge in [-0.15, -0.1) is 0 Å². The lowest BCUT2D eigenvalue weighted by atomic mass is 10.1. The lowest BCUT2D eigenvalue weighted by Gasteiger charge is -2.20. The highest BCUT2D eigenvalue weighted by Gasteiger charge is 2.21. The number of furan rings is 1. The van der Waals surface area contributed by atoms with Crippen molar-refractivity contribution in [2.75, 3.05) is 27.9 Å². The second-order valence-electron chi connectivity index (χ2n) is 7.01. The quantitative estimate of drug-likeness (QED) is 0.549. The second-order valence-corrected chi connectivity index (χ2v) is 7.01. The molecule has 0 spiro atoms. The molecule has 0 N–H and O–H groups in total. The maximum absolute atomic E-state index is 12.5. The zero-order valence-corrected chi connectivity index (χ0v) is 17.8. The number of carbonyl (C=O) groups is 2. The van der Waals surface area contributed by atoms with Crippen LogP contribution < -0.4 is 9.47 Å². The number of fused-ring (bicyclic) bond motifs is 1. The number of amides is 1. The Kier molecular flexibility index (Phi) is 6.30. The molecule has 3 aromatic rings. The van der Waals surface area contributed by atoms with Crippen molar-refractivity contribution in [1.82, 2.24) is 4.90 Å². The summed E-state index contributed by atoms with van der Waals surface area (Å²) >= 11 is 0. The van der Waals surface area contributed by atoms with E-state index >= 15 is 0 Å². The summed E-state index contributed by atoms with van der Waals surface area (Å²) in [6.07, 6.45) is 0. The van der Waals surface area contributed by atoms with Crippen LogP contribution >= 0.6 is 0 Å². The highest BCUT2D eigenvalue weighted by molar-refractivity contribution is 5.96. The highest BCUT2D eigenvalue weighted by atomic mass is 16.5. The molecule has 3 rings (SSSR count). The van der Waals surface area contributed by atoms with Crippen molar-refractivity contribution < 1.29 is 28.2 Å². The van der Waals surface area contributed by atoms with E-state index < -0.39 is 5.97 Å². The maximum Gasteiger partial charge on any atom is 0.375 e. The van der Waals surface area contributed by atoms with Crippen LogP contribution in [0.15, 0.2) is 40.8 Å². The van der Waals surface area contributed by atoms with E-state index in [9.17, 15) is 9.59 Å². The number of aryl methyl sites for hydroxylation is 2. The number of nitrogens with zero attached hydrogens (tertiary/aromatic N) is 1. The summed E-state index contributed by atoms with van der Waals surface area (Å²) in [6.45, 7) is 3.68. The summed E-state index contributed by atoms with van der Waals surface area (Å²) in [6, 6.07) is 11.0. The molecule has 30 heavy (non-hydrogen) atoms. The summed E-state index contributed by atoms with van der Waals surface area (Å²) in [5.74, 6) is 0.343. The second kappa shape index (κ2) is 8.90. The number of methoxy groups -OCH3 is 2. The average Bonchev–Trinajstić information content (AvgIpc) is 3.09. The Bertz CT molecular complexity index is 1080. The van der Waals surface area contributed by atoms with Gasteiger partial charge in [0.1, 0.15) is 5.58 Å². The molecule has 0 aliphatic carbocycles. The number of carbonyl (C=O) groups excluding carboxylic acids is 2. The van der Waals surface area contributed by atoms with Gasteiger partial charge in [-0.1, -0.05) is 18.2 Å². The van der Waals surface area contributed by atoms with Crippen LogP contribution in [0.4, 0.5) is 0 Å². The predicted octanol–water partition coefficient (Wildman–Crippen LogP) is 3.88. The van der Waals surface area contributed by atoms with E-state index in [1.54, 1.807) is 34.3 Å². The Morgan fingerprint density at radius 1 is 1.03 bits per heavy atom. The molecule has 158 valence electrons. The van der Waals surface area contributed by atoms with Gasteiger partial charge in [0.2, 0.25) is 5.76 Å². The topological polar surface area (TPSA) is 78.2 Å². The molecule has 1 heterocycles. The molecule has 0 bridgehead atoms. The lowest BCUT2D eigenvalue weighted by molar-refractivity contribution is -0.133. The standard InChI is InChI=1S/C23H25NO6/c1-14-10-19(27-4)20(28-5)11-16(14)12-24(3)21(25)13-29-23(26)22-15(2)17-8-6-7-9-18(17)30-22/h6-11H,12-13H2,1-5H3. The first kappa shape index (κ1) is 21.2. The number of hydrogen-bond acceptors (Lipinski definition) is 6. The number of benzene rings is 2. The largest absolute Gasteiger partial charge is 0.493 e. The van der Waals surface area contributed by atoms with E-state index in [0.29, 0.717) is 29.2 Å². The van der Waals surface area contributed by atoms with Crippen molar-refractivity contribution in [2.24, 2.45) is 0 Å². The SMILES string of the molecule is COc1cc(C)c(CN(C)C(=O)COC(=O)c2oc3ccccc3c2C)cc1OC. The van der Waals surface area contributed by atoms with E-state index in [4.69, 9.17) is 18.6 Å². The minimum absolute atomic E-state index is 0.113. The van der Waals surface area contributed by atoms with Crippen molar-refractivity contribution in [3.05, 3.63) is 58.8 Å². The van der Waals surface area contributed by atoms with E-state index in [2.05, 4.69) is 0 Å². The van der Waals surface area contributed by atoms with E-state index in [0.717, 1.165) is 16.5 Å². The van der Waals surface area contributed by atoms with Gasteiger partial charge >= 0.3 is 5.97 Å². The van der Waals surface area contributed by atoms with Crippen LogP contribution in [0.5, 0.6) is 11.5 Å². The molecule has 2 aromatic carbocycles. The van der Waals surface area contributed by atoms with Gasteiger partial charge in [-0.05, 0) is 43.2 Å². The first-order chi connectivity index (χ1) is 14.3. The van der Waals surface area contributed by atoms with Crippen LogP contribution in [0, 0.1) is 13.8 Å². The summed E-state index contributed by atoms with van der Waals surface area (Å²) in [5, 5.41) is 0.844. The first-order valence-electron chi connectivity index (χ1n) is 9.46. The van der Waals surface area contributed by atoms with E-state index in [-0.39, 0.29) is 18.3 Å². The molecular formula is C23H25NO6. The predicted molar refractivity (Wildman–Crippen MR) is 112 cm³/mol. The third-order valence-corrected chi connectivity index (χ3v) is 5.03. The molecule has 0 aliphatic rings. The van der Waals surface area contributed by atoms with Gasteiger partial charge in [-0.3, -0.25) is 4.79 Å². The van der Waals surface area contributed by atoms with Crippen LogP contribution in [0.1, 0.15) is 27.2 Å². The Morgan fingerprint density at radius 3 is 2.37 bits per heavy atom. The molecule has 1 amide bonds. The van der Waals surface area contributed by atoms with Gasteiger partial charge < -0.3 is 23.5 Å². The van der Waals surface area contributed by atoms with Gasteiger partial charge in [0, 0.05) is 24.5 Å². The average molecular weight is 411 g/mol. The molecule has 0 fully saturated rings. The molecule has 1 aromatic heterocycles. The number of ether oxygens (including phenoxy) is 3. The normalized spacial score (nSPS) is 10.7. The zero-order valence-electron chi connectivity index (χ0n) is 17.8. The van der Waals surface area contributed by atoms with Crippen LogP contribution in [0.2, 0.25) is 0 Å². The van der Waals surface area contributed by atoms with Crippen molar-refractivity contribution in [2.45, 2.75) is 20.4 Å². The van der Waals surface area contributed by atoms with Gasteiger partial charge in [0.25, 0.3) is 5.91 Å². The Balaban J connectivity index is 1.64. The number of esters is 1. The lowest BCUT2D eigenvalue weighted by Crippen LogP contribution is -2.31. The summed E-state index contributed by atoms with van der Waals surface area (Å²) in [5.41, 5.74) is 3.16. The molecule has 0 radical (unpaired) electrons. The van der Waals surface area contributed by atoms with Crippen LogP contribution in [0.3, 0.4) is 0 Å². The monoisotopic (exact) mass is 411 g/mol. The Labute approximate surface area is 175 Å². The fraction of sp³-hybridized carbons (Fsp3) is 0.304. The third-order valence-electron chi connectivity index (χ3n) is 5.03. The molecule has 0 saturated carbocycles. The first-order valence-corrected chi connectivity index (χ1v) is 9.46. The van der Waals surface area contributed by atoms with Crippen molar-refractivity contribution in [3.63, 3.8) is 0 Å². The fourth-order valence-electron chi connectivity index (χ4n) is 3.21. The molecule has 7 heteroatoms. The van der Waals surface area contributed by atoms with Crippen LogP contribution in [-0.2, 0) is 16.1 Å². The van der Waals surface area contributed by atoms with E-state index in [1.165, 1.54) is 4.90 Å². The van der Waals surface area contributed by atoms with Gasteiger partial charge in [0.15, 0.2) is 18.1 Å². The maximum atomic E-state index is 12.5. The molecule has 0 atom stereocenters. The number of para-hydroxylation sites is 1. The smallest absolute Gasteiger partial charge is 0.375 e. The van der Waals surface area contributed by atoms with E-state index in [1.807, 2.05) is 37.3 Å². The number of likely N-dealkylation sites (N-methyl/N-ethyl adjacent to an activating group) is 1. The minimum Gasteiger partial charge on any atom is -0.493 e. The number of rotatable bonds is 7. The van der Waals surface area contributed by atoms with Crippen molar-refractivity contribution in [3.8, 4) is 11.5 Å². The summed E-state index contributed by atoms with van der Waals surface area (Å²) < 4.78 is 21.4. The van der Waals surface area contributed by atoms with Crippen LogP contribution in [-0.4, -0.2) is 44.7 Å². The van der Waals surface area contributed by atoms with Gasteiger partial charge in [-0.25, -0.2) is 4.79 Å². The Morgan fingerprint density at radius 2 is 1.70 bits per heavy atom. The van der Waals surface area contributed by atoms with Crippen LogP contribution in [0.25, 0.3) is 11.0 Å². The zero-order chi connectivity index (χ0) is 21.8. The fourth-order valence-corrected chi connectivity index (χ4v) is 3.21. The minimum atomic E-state index is -0.659. The van der Waals surface area contributed by atoms with Crippen molar-refractivity contribution >= 4 is 22.8 Å². The highest BCUT2D eigenvalue weighted by Crippen LogP contribution is 2.31. The van der Waals surface area contributed by atoms with Gasteiger partial charge in [-0.2, -0.15) is 0 Å². The molecule has 0 saturated heterocycles.